The van der Waals surface area contributed by atoms with Crippen molar-refractivity contribution in [1.82, 2.24) is 5.32 Å². The van der Waals surface area contributed by atoms with Gasteiger partial charge in [0.25, 0.3) is 0 Å². The zero-order valence-electron chi connectivity index (χ0n) is 12.0. The van der Waals surface area contributed by atoms with Gasteiger partial charge < -0.3 is 10.1 Å². The fraction of sp³-hybridized carbons (Fsp3) is 0.235. The van der Waals surface area contributed by atoms with Crippen LogP contribution in [0.3, 0.4) is 0 Å². The topological polar surface area (TPSA) is 38.3 Å². The Kier molecular flexibility index (Phi) is 6.22. The molecule has 22 heavy (non-hydrogen) atoms. The van der Waals surface area contributed by atoms with Gasteiger partial charge in [-0.1, -0.05) is 41.9 Å². The molecule has 2 aromatic rings. The minimum absolute atomic E-state index is 0.0299. The number of benzene rings is 2. The summed E-state index contributed by atoms with van der Waals surface area (Å²) < 4.78 is 18.3. The van der Waals surface area contributed by atoms with E-state index < -0.39 is 5.82 Å². The van der Waals surface area contributed by atoms with Crippen LogP contribution in [0.25, 0.3) is 0 Å². The third-order valence-corrected chi connectivity index (χ3v) is 3.35. The fourth-order valence-corrected chi connectivity index (χ4v) is 2.16. The van der Waals surface area contributed by atoms with Gasteiger partial charge in [0.2, 0.25) is 5.91 Å². The molecule has 2 aromatic carbocycles. The van der Waals surface area contributed by atoms with Crippen LogP contribution in [0.4, 0.5) is 4.39 Å². The average molecular weight is 322 g/mol. The van der Waals surface area contributed by atoms with Gasteiger partial charge in [-0.15, -0.1) is 0 Å². The van der Waals surface area contributed by atoms with Gasteiger partial charge in [0.1, 0.15) is 18.2 Å². The van der Waals surface area contributed by atoms with E-state index in [4.69, 9.17) is 16.3 Å². The number of nitrogens with one attached hydrogen (secondary N) is 1. The first-order chi connectivity index (χ1) is 10.6. The molecular formula is C17H17ClFNO2. The highest BCUT2D eigenvalue weighted by Crippen LogP contribution is 2.24. The Hall–Kier alpha value is -2.07. The fourth-order valence-electron chi connectivity index (χ4n) is 1.93. The van der Waals surface area contributed by atoms with Crippen molar-refractivity contribution in [2.24, 2.45) is 0 Å². The summed E-state index contributed by atoms with van der Waals surface area (Å²) in [6, 6.07) is 13.8. The number of amides is 1. The molecule has 116 valence electrons. The van der Waals surface area contributed by atoms with E-state index in [2.05, 4.69) is 5.32 Å². The number of hydrogen-bond donors (Lipinski definition) is 1. The first-order valence-electron chi connectivity index (χ1n) is 7.03. The van der Waals surface area contributed by atoms with E-state index >= 15 is 0 Å². The van der Waals surface area contributed by atoms with Crippen molar-refractivity contribution in [1.29, 1.82) is 0 Å². The second-order valence-corrected chi connectivity index (χ2v) is 5.17. The molecule has 0 aromatic heterocycles. The maximum atomic E-state index is 12.9. The maximum Gasteiger partial charge on any atom is 0.220 e. The second-order valence-electron chi connectivity index (χ2n) is 4.76. The predicted octanol–water partition coefficient (Wildman–Crippen LogP) is 3.61. The molecule has 1 N–H and O–H groups in total. The smallest absolute Gasteiger partial charge is 0.220 e. The van der Waals surface area contributed by atoms with Crippen LogP contribution in [0.5, 0.6) is 5.75 Å². The third kappa shape index (κ3) is 5.37. The first-order valence-corrected chi connectivity index (χ1v) is 7.41. The number of carbonyl (C=O) groups is 1. The zero-order chi connectivity index (χ0) is 15.8. The van der Waals surface area contributed by atoms with Crippen molar-refractivity contribution in [3.63, 3.8) is 0 Å². The predicted molar refractivity (Wildman–Crippen MR) is 84.7 cm³/mol. The molecular weight excluding hydrogens is 305 g/mol. The lowest BCUT2D eigenvalue weighted by Gasteiger charge is -2.09. The summed E-state index contributed by atoms with van der Waals surface area (Å²) in [6.45, 7) is 0.657. The van der Waals surface area contributed by atoms with Gasteiger partial charge in [0.05, 0.1) is 11.6 Å². The molecule has 3 nitrogen and oxygen atoms in total. The summed E-state index contributed by atoms with van der Waals surface area (Å²) in [5.74, 6) is -0.0363. The largest absolute Gasteiger partial charge is 0.490 e. The lowest BCUT2D eigenvalue weighted by atomic mass is 10.1. The van der Waals surface area contributed by atoms with Gasteiger partial charge in [0, 0.05) is 6.42 Å². The normalized spacial score (nSPS) is 10.3. The van der Waals surface area contributed by atoms with E-state index in [1.54, 1.807) is 0 Å². The lowest BCUT2D eigenvalue weighted by molar-refractivity contribution is -0.121. The molecule has 0 saturated carbocycles. The minimum Gasteiger partial charge on any atom is -0.490 e. The third-order valence-electron chi connectivity index (χ3n) is 3.06. The van der Waals surface area contributed by atoms with E-state index in [0.29, 0.717) is 25.1 Å². The highest BCUT2D eigenvalue weighted by molar-refractivity contribution is 6.32. The van der Waals surface area contributed by atoms with E-state index in [1.807, 2.05) is 30.3 Å². The minimum atomic E-state index is -0.411. The van der Waals surface area contributed by atoms with Crippen LogP contribution >= 0.6 is 11.6 Å². The maximum absolute atomic E-state index is 12.9. The van der Waals surface area contributed by atoms with Gasteiger partial charge in [-0.05, 0) is 30.2 Å². The molecule has 2 rings (SSSR count). The zero-order valence-corrected chi connectivity index (χ0v) is 12.8. The highest BCUT2D eigenvalue weighted by Gasteiger charge is 2.04. The van der Waals surface area contributed by atoms with Gasteiger partial charge in [0.15, 0.2) is 0 Å². The quantitative estimate of drug-likeness (QED) is 0.791. The number of ether oxygens (including phenoxy) is 1. The Morgan fingerprint density at radius 2 is 1.95 bits per heavy atom. The molecule has 0 aliphatic carbocycles. The van der Waals surface area contributed by atoms with Crippen LogP contribution in [0.2, 0.25) is 5.02 Å². The Morgan fingerprint density at radius 1 is 1.18 bits per heavy atom. The Morgan fingerprint density at radius 3 is 2.68 bits per heavy atom. The first kappa shape index (κ1) is 16.3. The Bertz CT molecular complexity index is 619. The van der Waals surface area contributed by atoms with Crippen molar-refractivity contribution in [2.45, 2.75) is 12.8 Å². The molecule has 0 bridgehead atoms. The van der Waals surface area contributed by atoms with Crippen LogP contribution in [-0.4, -0.2) is 19.1 Å². The number of hydrogen-bond acceptors (Lipinski definition) is 2. The Balaban J connectivity index is 1.65. The van der Waals surface area contributed by atoms with E-state index in [-0.39, 0.29) is 17.5 Å². The summed E-state index contributed by atoms with van der Waals surface area (Å²) in [5.41, 5.74) is 1.13. The molecule has 0 aliphatic heterocycles. The van der Waals surface area contributed by atoms with Gasteiger partial charge >= 0.3 is 0 Å². The van der Waals surface area contributed by atoms with Crippen molar-refractivity contribution < 1.29 is 13.9 Å². The van der Waals surface area contributed by atoms with Crippen LogP contribution in [-0.2, 0) is 11.2 Å². The SMILES string of the molecule is O=C(CCc1ccccc1)NCCOc1ccc(F)cc1Cl. The van der Waals surface area contributed by atoms with E-state index in [0.717, 1.165) is 5.56 Å². The van der Waals surface area contributed by atoms with Crippen LogP contribution < -0.4 is 10.1 Å². The van der Waals surface area contributed by atoms with Crippen molar-refractivity contribution in [2.75, 3.05) is 13.2 Å². The average Bonchev–Trinajstić information content (AvgIpc) is 2.52. The van der Waals surface area contributed by atoms with Crippen molar-refractivity contribution in [3.05, 3.63) is 64.9 Å². The summed E-state index contributed by atoms with van der Waals surface area (Å²) in [7, 11) is 0. The molecule has 0 radical (unpaired) electrons. The van der Waals surface area contributed by atoms with E-state index in [1.165, 1.54) is 18.2 Å². The van der Waals surface area contributed by atoms with Gasteiger partial charge in [-0.25, -0.2) is 4.39 Å². The number of aryl methyl sites for hydroxylation is 1. The highest BCUT2D eigenvalue weighted by atomic mass is 35.5. The summed E-state index contributed by atoms with van der Waals surface area (Å²) in [4.78, 5) is 11.7. The van der Waals surface area contributed by atoms with Crippen molar-refractivity contribution >= 4 is 17.5 Å². The standard InChI is InChI=1S/C17H17ClFNO2/c18-15-12-14(19)7-8-16(15)22-11-10-20-17(21)9-6-13-4-2-1-3-5-13/h1-5,7-8,12H,6,9-11H2,(H,20,21). The molecule has 5 heteroatoms. The summed E-state index contributed by atoms with van der Waals surface area (Å²) in [5, 5.41) is 2.99. The second kappa shape index (κ2) is 8.39. The molecule has 0 saturated heterocycles. The monoisotopic (exact) mass is 321 g/mol. The van der Waals surface area contributed by atoms with E-state index in [9.17, 15) is 9.18 Å². The lowest BCUT2D eigenvalue weighted by Crippen LogP contribution is -2.28. The number of halogens is 2. The molecule has 0 spiro atoms. The molecule has 0 heterocycles. The van der Waals surface area contributed by atoms with Crippen LogP contribution in [0.15, 0.2) is 48.5 Å². The molecule has 1 amide bonds. The van der Waals surface area contributed by atoms with Crippen LogP contribution in [0.1, 0.15) is 12.0 Å². The van der Waals surface area contributed by atoms with Gasteiger partial charge in [-0.2, -0.15) is 0 Å². The van der Waals surface area contributed by atoms with Crippen molar-refractivity contribution in [3.8, 4) is 5.75 Å². The molecule has 0 aliphatic rings. The summed E-state index contributed by atoms with van der Waals surface area (Å²) in [6.07, 6.45) is 1.14. The molecule has 0 unspecified atom stereocenters. The number of rotatable bonds is 7. The summed E-state index contributed by atoms with van der Waals surface area (Å²) >= 11 is 5.84. The molecule has 0 atom stereocenters. The number of carbonyl (C=O) groups excluding carboxylic acids is 1. The van der Waals surface area contributed by atoms with Crippen LogP contribution in [0, 0.1) is 5.82 Å². The Labute approximate surface area is 134 Å². The van der Waals surface area contributed by atoms with Gasteiger partial charge in [-0.3, -0.25) is 4.79 Å². The molecule has 0 fully saturated rings.